The van der Waals surface area contributed by atoms with Crippen molar-refractivity contribution in [3.63, 3.8) is 0 Å². The predicted octanol–water partition coefficient (Wildman–Crippen LogP) is 0.231. The number of ether oxygens (including phenoxy) is 1. The third-order valence-corrected chi connectivity index (χ3v) is 2.80. The van der Waals surface area contributed by atoms with Crippen molar-refractivity contribution < 1.29 is 4.74 Å². The summed E-state index contributed by atoms with van der Waals surface area (Å²) in [6, 6.07) is 0. The highest BCUT2D eigenvalue weighted by molar-refractivity contribution is 5.84. The van der Waals surface area contributed by atoms with Gasteiger partial charge in [0.2, 0.25) is 5.95 Å². The molecule has 7 heteroatoms. The van der Waals surface area contributed by atoms with E-state index in [4.69, 9.17) is 4.74 Å². The van der Waals surface area contributed by atoms with Crippen molar-refractivity contribution in [1.29, 1.82) is 0 Å². The Kier molecular flexibility index (Phi) is 2.52. The first-order valence-corrected chi connectivity index (χ1v) is 5.60. The fourth-order valence-electron chi connectivity index (χ4n) is 1.93. The minimum absolute atomic E-state index is 0.589. The van der Waals surface area contributed by atoms with Crippen LogP contribution in [0.4, 0.5) is 11.8 Å². The molecule has 0 spiro atoms. The predicted molar refractivity (Wildman–Crippen MR) is 64.3 cm³/mol. The number of nitrogens with zero attached hydrogens (tertiary/aromatic N) is 4. The quantitative estimate of drug-likeness (QED) is 0.774. The third-order valence-electron chi connectivity index (χ3n) is 2.80. The van der Waals surface area contributed by atoms with Crippen LogP contribution in [-0.2, 0) is 4.74 Å². The monoisotopic (exact) mass is 234 g/mol. The summed E-state index contributed by atoms with van der Waals surface area (Å²) in [6.07, 6.45) is 1.64. The first-order valence-electron chi connectivity index (χ1n) is 5.60. The molecule has 0 amide bonds. The zero-order valence-electron chi connectivity index (χ0n) is 9.60. The maximum absolute atomic E-state index is 5.34. The van der Waals surface area contributed by atoms with Gasteiger partial charge in [-0.2, -0.15) is 9.97 Å². The smallest absolute Gasteiger partial charge is 0.226 e. The van der Waals surface area contributed by atoms with E-state index >= 15 is 0 Å². The Morgan fingerprint density at radius 1 is 1.35 bits per heavy atom. The first kappa shape index (κ1) is 10.3. The van der Waals surface area contributed by atoms with Gasteiger partial charge in [-0.25, -0.2) is 4.98 Å². The van der Waals surface area contributed by atoms with E-state index in [1.54, 1.807) is 13.4 Å². The van der Waals surface area contributed by atoms with Crippen molar-refractivity contribution in [1.82, 2.24) is 19.9 Å². The van der Waals surface area contributed by atoms with Crippen LogP contribution in [-0.4, -0.2) is 53.3 Å². The number of hydrogen-bond acceptors (Lipinski definition) is 6. The van der Waals surface area contributed by atoms with Crippen LogP contribution in [0.3, 0.4) is 0 Å². The molecule has 0 bridgehead atoms. The molecule has 0 saturated carbocycles. The molecule has 0 radical (unpaired) electrons. The molecule has 1 saturated heterocycles. The third kappa shape index (κ3) is 1.78. The van der Waals surface area contributed by atoms with Gasteiger partial charge in [-0.05, 0) is 0 Å². The van der Waals surface area contributed by atoms with Gasteiger partial charge in [0.05, 0.1) is 19.5 Å². The van der Waals surface area contributed by atoms with E-state index in [-0.39, 0.29) is 0 Å². The molecule has 0 aromatic carbocycles. The molecular weight excluding hydrogens is 220 g/mol. The molecule has 3 heterocycles. The summed E-state index contributed by atoms with van der Waals surface area (Å²) in [5.74, 6) is 1.48. The first-order chi connectivity index (χ1) is 8.38. The highest BCUT2D eigenvalue weighted by Crippen LogP contribution is 2.23. The molecule has 1 aliphatic rings. The molecular formula is C10H14N6O. The van der Waals surface area contributed by atoms with Crippen LogP contribution in [0, 0.1) is 0 Å². The fourth-order valence-corrected chi connectivity index (χ4v) is 1.93. The van der Waals surface area contributed by atoms with Gasteiger partial charge in [0, 0.05) is 20.1 Å². The molecule has 2 aromatic rings. The maximum atomic E-state index is 5.34. The maximum Gasteiger partial charge on any atom is 0.226 e. The van der Waals surface area contributed by atoms with Gasteiger partial charge in [0.25, 0.3) is 0 Å². The van der Waals surface area contributed by atoms with Crippen LogP contribution in [0.15, 0.2) is 6.33 Å². The van der Waals surface area contributed by atoms with E-state index in [0.29, 0.717) is 11.6 Å². The fraction of sp³-hybridized carbons (Fsp3) is 0.500. The molecule has 2 aromatic heterocycles. The highest BCUT2D eigenvalue weighted by atomic mass is 16.5. The van der Waals surface area contributed by atoms with Crippen molar-refractivity contribution in [2.75, 3.05) is 43.6 Å². The summed E-state index contributed by atoms with van der Waals surface area (Å²) in [6.45, 7) is 3.14. The molecule has 0 atom stereocenters. The van der Waals surface area contributed by atoms with Crippen molar-refractivity contribution in [3.05, 3.63) is 6.33 Å². The molecule has 1 aliphatic heterocycles. The average Bonchev–Trinajstić information content (AvgIpc) is 2.86. The molecule has 3 rings (SSSR count). The largest absolute Gasteiger partial charge is 0.378 e. The van der Waals surface area contributed by atoms with E-state index in [9.17, 15) is 0 Å². The molecule has 0 aliphatic carbocycles. The van der Waals surface area contributed by atoms with E-state index in [0.717, 1.165) is 37.6 Å². The zero-order valence-corrected chi connectivity index (χ0v) is 9.60. The number of aromatic nitrogens is 4. The number of morpholine rings is 1. The lowest BCUT2D eigenvalue weighted by molar-refractivity contribution is 0.122. The number of imidazole rings is 1. The van der Waals surface area contributed by atoms with E-state index in [1.807, 2.05) is 0 Å². The van der Waals surface area contributed by atoms with Gasteiger partial charge in [-0.3, -0.25) is 0 Å². The average molecular weight is 234 g/mol. The minimum atomic E-state index is 0.589. The van der Waals surface area contributed by atoms with Crippen LogP contribution >= 0.6 is 0 Å². The topological polar surface area (TPSA) is 79.0 Å². The van der Waals surface area contributed by atoms with Gasteiger partial charge in [0.15, 0.2) is 11.5 Å². The van der Waals surface area contributed by atoms with E-state index in [1.165, 1.54) is 0 Å². The van der Waals surface area contributed by atoms with Crippen LogP contribution in [0.2, 0.25) is 0 Å². The van der Waals surface area contributed by atoms with Crippen LogP contribution in [0.25, 0.3) is 11.2 Å². The number of anilines is 2. The SMILES string of the molecule is CNc1nc(N2CCOCC2)c2[nH]cnc2n1. The summed E-state index contributed by atoms with van der Waals surface area (Å²) in [5.41, 5.74) is 1.57. The van der Waals surface area contributed by atoms with Crippen LogP contribution in [0.5, 0.6) is 0 Å². The second-order valence-electron chi connectivity index (χ2n) is 3.82. The summed E-state index contributed by atoms with van der Waals surface area (Å²) < 4.78 is 5.34. The Balaban J connectivity index is 2.08. The van der Waals surface area contributed by atoms with Crippen molar-refractivity contribution >= 4 is 22.9 Å². The summed E-state index contributed by atoms with van der Waals surface area (Å²) in [7, 11) is 1.80. The van der Waals surface area contributed by atoms with Gasteiger partial charge >= 0.3 is 0 Å². The number of hydrogen-bond donors (Lipinski definition) is 2. The number of fused-ring (bicyclic) bond motifs is 1. The van der Waals surface area contributed by atoms with Gasteiger partial charge in [-0.15, -0.1) is 0 Å². The summed E-state index contributed by atoms with van der Waals surface area (Å²) >= 11 is 0. The van der Waals surface area contributed by atoms with Gasteiger partial charge in [-0.1, -0.05) is 0 Å². The number of nitrogens with one attached hydrogen (secondary N) is 2. The number of H-pyrrole nitrogens is 1. The van der Waals surface area contributed by atoms with Gasteiger partial charge < -0.3 is 19.9 Å². The van der Waals surface area contributed by atoms with Crippen LogP contribution in [0.1, 0.15) is 0 Å². The molecule has 17 heavy (non-hydrogen) atoms. The number of aromatic amines is 1. The lowest BCUT2D eigenvalue weighted by atomic mass is 10.4. The summed E-state index contributed by atoms with van der Waals surface area (Å²) in [4.78, 5) is 18.2. The van der Waals surface area contributed by atoms with E-state index in [2.05, 4.69) is 30.2 Å². The van der Waals surface area contributed by atoms with Crippen LogP contribution < -0.4 is 10.2 Å². The number of rotatable bonds is 2. The molecule has 2 N–H and O–H groups in total. The lowest BCUT2D eigenvalue weighted by Gasteiger charge is -2.28. The summed E-state index contributed by atoms with van der Waals surface area (Å²) in [5, 5.41) is 2.95. The molecule has 0 unspecified atom stereocenters. The Bertz CT molecular complexity index is 518. The standard InChI is InChI=1S/C10H14N6O/c1-11-10-14-8-7(12-6-13-8)9(15-10)16-2-4-17-5-3-16/h6H,2-5H2,1H3,(H2,11,12,13,14,15). The molecule has 90 valence electrons. The van der Waals surface area contributed by atoms with Crippen molar-refractivity contribution in [2.24, 2.45) is 0 Å². The second kappa shape index (κ2) is 4.17. The lowest BCUT2D eigenvalue weighted by Crippen LogP contribution is -2.37. The van der Waals surface area contributed by atoms with E-state index < -0.39 is 0 Å². The van der Waals surface area contributed by atoms with Crippen molar-refractivity contribution in [3.8, 4) is 0 Å². The minimum Gasteiger partial charge on any atom is -0.378 e. The molecule has 7 nitrogen and oxygen atoms in total. The molecule has 1 fully saturated rings. The highest BCUT2D eigenvalue weighted by Gasteiger charge is 2.18. The Morgan fingerprint density at radius 3 is 2.94 bits per heavy atom. The zero-order chi connectivity index (χ0) is 11.7. The normalized spacial score (nSPS) is 16.4. The second-order valence-corrected chi connectivity index (χ2v) is 3.82. The Morgan fingerprint density at radius 2 is 2.18 bits per heavy atom. The Hall–Kier alpha value is -1.89. The van der Waals surface area contributed by atoms with Gasteiger partial charge in [0.1, 0.15) is 5.52 Å². The van der Waals surface area contributed by atoms with Crippen molar-refractivity contribution in [2.45, 2.75) is 0 Å². The Labute approximate surface area is 98.2 Å².